The van der Waals surface area contributed by atoms with E-state index in [-0.39, 0.29) is 44.3 Å². The molecule has 0 saturated carbocycles. The van der Waals surface area contributed by atoms with Crippen LogP contribution in [-0.2, 0) is 43.3 Å². The summed E-state index contributed by atoms with van der Waals surface area (Å²) in [5.41, 5.74) is 1.62. The van der Waals surface area contributed by atoms with Gasteiger partial charge < -0.3 is 24.1 Å². The van der Waals surface area contributed by atoms with Crippen molar-refractivity contribution in [1.29, 1.82) is 0 Å². The van der Waals surface area contributed by atoms with Crippen molar-refractivity contribution in [2.24, 2.45) is 0 Å². The van der Waals surface area contributed by atoms with Crippen LogP contribution < -0.4 is 5.32 Å². The molecule has 0 aromatic carbocycles. The summed E-state index contributed by atoms with van der Waals surface area (Å²) in [4.78, 5) is 21.3. The predicted molar refractivity (Wildman–Crippen MR) is 167 cm³/mol. The van der Waals surface area contributed by atoms with E-state index in [1.807, 2.05) is 0 Å². The van der Waals surface area contributed by atoms with Gasteiger partial charge in [-0.2, -0.15) is 26.3 Å². The second-order valence-corrected chi connectivity index (χ2v) is 14.1. The molecular formula is C27H27Cl3F6N6O2S2. The van der Waals surface area contributed by atoms with Crippen LogP contribution in [0.25, 0.3) is 22.5 Å². The van der Waals surface area contributed by atoms with E-state index in [2.05, 4.69) is 15.3 Å². The number of ether oxygens (including phenoxy) is 1. The third kappa shape index (κ3) is 7.62. The average Bonchev–Trinajstić information content (AvgIpc) is 3.71. The molecule has 4 aromatic rings. The maximum absolute atomic E-state index is 13.4. The molecule has 1 N–H and O–H groups in total. The number of nitrogens with one attached hydrogen (secondary N) is 1. The van der Waals surface area contributed by atoms with Crippen LogP contribution in [0, 0.1) is 0 Å². The molecular weight excluding hydrogens is 725 g/mol. The fourth-order valence-corrected chi connectivity index (χ4v) is 6.79. The predicted octanol–water partition coefficient (Wildman–Crippen LogP) is 8.84. The summed E-state index contributed by atoms with van der Waals surface area (Å²) in [5.74, 6) is -1.82. The van der Waals surface area contributed by atoms with Crippen LogP contribution >= 0.6 is 58.3 Å². The van der Waals surface area contributed by atoms with Gasteiger partial charge in [-0.3, -0.25) is 0 Å². The minimum Gasteiger partial charge on any atom is -0.444 e. The summed E-state index contributed by atoms with van der Waals surface area (Å²) >= 11 is 14.6. The Hall–Kier alpha value is -2.50. The van der Waals surface area contributed by atoms with Crippen molar-refractivity contribution in [2.45, 2.75) is 64.9 Å². The van der Waals surface area contributed by atoms with Crippen molar-refractivity contribution in [3.63, 3.8) is 0 Å². The van der Waals surface area contributed by atoms with Crippen LogP contribution in [0.4, 0.5) is 31.1 Å². The molecule has 0 saturated heterocycles. The van der Waals surface area contributed by atoms with Crippen molar-refractivity contribution in [3.8, 4) is 22.5 Å². The van der Waals surface area contributed by atoms with E-state index in [4.69, 9.17) is 27.9 Å². The van der Waals surface area contributed by atoms with Gasteiger partial charge in [-0.25, -0.2) is 14.8 Å². The normalized spacial score (nSPS) is 15.0. The minimum absolute atomic E-state index is 0. The number of rotatable bonds is 2. The number of nitrogens with zero attached hydrogens (tertiary/aromatic N) is 5. The first-order valence-electron chi connectivity index (χ1n) is 13.4. The Morgan fingerprint density at radius 2 is 1.35 bits per heavy atom. The number of carbonyl (C=O) groups is 1. The van der Waals surface area contributed by atoms with Crippen molar-refractivity contribution >= 4 is 64.4 Å². The first-order valence-corrected chi connectivity index (χ1v) is 16.0. The molecule has 4 aromatic heterocycles. The zero-order valence-electron chi connectivity index (χ0n) is 24.4. The third-order valence-electron chi connectivity index (χ3n) is 6.79. The fourth-order valence-electron chi connectivity index (χ4n) is 4.94. The third-order valence-corrected chi connectivity index (χ3v) is 9.13. The number of imidazole rings is 2. The maximum atomic E-state index is 13.4. The molecule has 6 heterocycles. The minimum atomic E-state index is -4.59. The van der Waals surface area contributed by atoms with Crippen LogP contribution in [0.3, 0.4) is 0 Å². The quantitative estimate of drug-likeness (QED) is 0.207. The molecule has 46 heavy (non-hydrogen) atoms. The van der Waals surface area contributed by atoms with Gasteiger partial charge in [0.05, 0.1) is 29.3 Å². The second kappa shape index (κ2) is 13.5. The molecule has 2 aliphatic heterocycles. The standard InChI is InChI=1S/C16H17ClF3N3O2S.C11H9ClF3N3S.ClH/c1-15(2,3)25-14(24)22-5-6-23-10(8-22)11(9-4-7-26-12(9)17)21-13(23)16(18,19)20;12-9-6(1-4-19-9)8-7-5-16-2-3-18(7)10(17-8)11(13,14)15;/h4,7H,5-6,8H2,1-3H3;1,4,16H,2-3,5H2;1H. The van der Waals surface area contributed by atoms with Gasteiger partial charge in [-0.15, -0.1) is 35.1 Å². The average molecular weight is 752 g/mol. The Labute approximate surface area is 283 Å². The number of aromatic nitrogens is 4. The summed E-state index contributed by atoms with van der Waals surface area (Å²) in [6.45, 7) is 6.40. The highest BCUT2D eigenvalue weighted by Crippen LogP contribution is 2.41. The number of carbonyl (C=O) groups excluding carboxylic acids is 1. The van der Waals surface area contributed by atoms with Crippen molar-refractivity contribution in [3.05, 3.63) is 54.6 Å². The molecule has 0 unspecified atom stereocenters. The van der Waals surface area contributed by atoms with Crippen LogP contribution in [0.1, 0.15) is 43.8 Å². The van der Waals surface area contributed by atoms with Crippen molar-refractivity contribution in [1.82, 2.24) is 29.3 Å². The van der Waals surface area contributed by atoms with Crippen molar-refractivity contribution < 1.29 is 35.9 Å². The number of alkyl halides is 6. The highest BCUT2D eigenvalue weighted by atomic mass is 35.5. The van der Waals surface area contributed by atoms with E-state index in [0.29, 0.717) is 50.0 Å². The van der Waals surface area contributed by atoms with Crippen LogP contribution in [-0.4, -0.2) is 48.8 Å². The van der Waals surface area contributed by atoms with Gasteiger partial charge >= 0.3 is 18.4 Å². The SMILES string of the molecule is CC(C)(C)OC(=O)N1CCn2c(C(F)(F)F)nc(-c3ccsc3Cl)c2C1.Cl.FC(F)(F)c1nc(-c2ccsc2Cl)c2n1CCNC2. The lowest BCUT2D eigenvalue weighted by Crippen LogP contribution is -2.42. The lowest BCUT2D eigenvalue weighted by atomic mass is 10.1. The Kier molecular flexibility index (Phi) is 10.7. The summed E-state index contributed by atoms with van der Waals surface area (Å²) in [6.07, 6.45) is -9.61. The Balaban J connectivity index is 0.000000213. The zero-order chi connectivity index (χ0) is 32.9. The van der Waals surface area contributed by atoms with Gasteiger partial charge in [0.25, 0.3) is 0 Å². The highest BCUT2D eigenvalue weighted by Gasteiger charge is 2.42. The molecule has 0 atom stereocenters. The molecule has 8 nitrogen and oxygen atoms in total. The molecule has 0 spiro atoms. The van der Waals surface area contributed by atoms with Crippen LogP contribution in [0.2, 0.25) is 8.67 Å². The lowest BCUT2D eigenvalue weighted by molar-refractivity contribution is -0.148. The largest absolute Gasteiger partial charge is 0.449 e. The molecule has 0 fully saturated rings. The summed E-state index contributed by atoms with van der Waals surface area (Å²) in [5, 5.41) is 6.49. The monoisotopic (exact) mass is 750 g/mol. The van der Waals surface area contributed by atoms with Gasteiger partial charge in [0.1, 0.15) is 14.3 Å². The molecule has 1 amide bonds. The number of hydrogen-bond donors (Lipinski definition) is 1. The summed E-state index contributed by atoms with van der Waals surface area (Å²) < 4.78 is 87.7. The van der Waals surface area contributed by atoms with E-state index in [0.717, 1.165) is 4.57 Å². The highest BCUT2D eigenvalue weighted by molar-refractivity contribution is 7.15. The van der Waals surface area contributed by atoms with Gasteiger partial charge in [-0.1, -0.05) is 23.2 Å². The topological polar surface area (TPSA) is 77.2 Å². The molecule has 0 bridgehead atoms. The number of halogens is 9. The smallest absolute Gasteiger partial charge is 0.444 e. The number of hydrogen-bond acceptors (Lipinski definition) is 7. The zero-order valence-corrected chi connectivity index (χ0v) is 28.3. The Morgan fingerprint density at radius 1 is 0.848 bits per heavy atom. The molecule has 252 valence electrons. The van der Waals surface area contributed by atoms with Gasteiger partial charge in [0, 0.05) is 43.9 Å². The Bertz CT molecular complexity index is 1710. The first kappa shape index (κ1) is 36.3. The van der Waals surface area contributed by atoms with Gasteiger partial charge in [0.2, 0.25) is 11.6 Å². The van der Waals surface area contributed by atoms with E-state index in [1.54, 1.807) is 43.7 Å². The van der Waals surface area contributed by atoms with E-state index >= 15 is 0 Å². The molecule has 2 aliphatic rings. The Morgan fingerprint density at radius 3 is 1.80 bits per heavy atom. The fraction of sp³-hybridized carbons (Fsp3) is 0.444. The summed E-state index contributed by atoms with van der Waals surface area (Å²) in [7, 11) is 0. The first-order chi connectivity index (χ1) is 21.0. The molecule has 0 aliphatic carbocycles. The maximum Gasteiger partial charge on any atom is 0.449 e. The number of thiophene rings is 2. The van der Waals surface area contributed by atoms with E-state index < -0.39 is 35.7 Å². The molecule has 6 rings (SSSR count). The number of fused-ring (bicyclic) bond motifs is 2. The second-order valence-electron chi connectivity index (χ2n) is 11.1. The molecule has 19 heteroatoms. The van der Waals surface area contributed by atoms with Crippen LogP contribution in [0.15, 0.2) is 22.9 Å². The summed E-state index contributed by atoms with van der Waals surface area (Å²) in [6, 6.07) is 3.33. The number of amides is 1. The van der Waals surface area contributed by atoms with E-state index in [9.17, 15) is 31.1 Å². The van der Waals surface area contributed by atoms with Crippen molar-refractivity contribution in [2.75, 3.05) is 13.1 Å². The van der Waals surface area contributed by atoms with Crippen LogP contribution in [0.5, 0.6) is 0 Å². The van der Waals surface area contributed by atoms with Gasteiger partial charge in [0.15, 0.2) is 0 Å². The molecule has 0 radical (unpaired) electrons. The lowest BCUT2D eigenvalue weighted by Gasteiger charge is -2.31. The van der Waals surface area contributed by atoms with Gasteiger partial charge in [-0.05, 0) is 43.7 Å². The van der Waals surface area contributed by atoms with E-state index in [1.165, 1.54) is 32.1 Å².